The van der Waals surface area contributed by atoms with Crippen LogP contribution in [0, 0.1) is 0 Å². The molecule has 4 nitrogen and oxygen atoms in total. The largest absolute Gasteiger partial charge is 0.304 e. The molecule has 0 N–H and O–H groups in total. The zero-order chi connectivity index (χ0) is 17.2. The molecule has 0 amide bonds. The van der Waals surface area contributed by atoms with Gasteiger partial charge < -0.3 is 4.90 Å². The molecule has 25 heavy (non-hydrogen) atoms. The lowest BCUT2D eigenvalue weighted by molar-refractivity contribution is 0.222. The van der Waals surface area contributed by atoms with Crippen LogP contribution in [0.1, 0.15) is 36.9 Å². The van der Waals surface area contributed by atoms with Crippen molar-refractivity contribution in [1.29, 1.82) is 0 Å². The molecule has 2 aromatic heterocycles. The fourth-order valence-electron chi connectivity index (χ4n) is 3.70. The number of rotatable bonds is 4. The molecule has 0 radical (unpaired) electrons. The van der Waals surface area contributed by atoms with Crippen molar-refractivity contribution >= 4 is 11.7 Å². The van der Waals surface area contributed by atoms with E-state index in [-0.39, 0.29) is 0 Å². The maximum absolute atomic E-state index is 4.59. The molecule has 1 aliphatic heterocycles. The summed E-state index contributed by atoms with van der Waals surface area (Å²) in [7, 11) is 0. The van der Waals surface area contributed by atoms with E-state index >= 15 is 0 Å². The van der Waals surface area contributed by atoms with Crippen LogP contribution in [0.3, 0.4) is 0 Å². The highest BCUT2D eigenvalue weighted by Crippen LogP contribution is 2.30. The predicted molar refractivity (Wildman–Crippen MR) is 103 cm³/mol. The predicted octanol–water partition coefficient (Wildman–Crippen LogP) is 4.24. The van der Waals surface area contributed by atoms with E-state index in [2.05, 4.69) is 52.8 Å². The van der Waals surface area contributed by atoms with E-state index in [1.807, 2.05) is 22.8 Å². The number of piperidine rings is 1. The van der Waals surface area contributed by atoms with Gasteiger partial charge in [-0.25, -0.2) is 9.50 Å². The van der Waals surface area contributed by atoms with Gasteiger partial charge in [-0.2, -0.15) is 5.10 Å². The molecule has 1 saturated heterocycles. The van der Waals surface area contributed by atoms with Gasteiger partial charge in [-0.3, -0.25) is 0 Å². The first-order chi connectivity index (χ1) is 12.3. The van der Waals surface area contributed by atoms with Crippen molar-refractivity contribution in [2.24, 2.45) is 0 Å². The summed E-state index contributed by atoms with van der Waals surface area (Å²) < 4.78 is 1.89. The maximum atomic E-state index is 4.59. The molecule has 1 aromatic carbocycles. The summed E-state index contributed by atoms with van der Waals surface area (Å²) in [6.07, 6.45) is 6.17. The molecule has 0 bridgehead atoms. The summed E-state index contributed by atoms with van der Waals surface area (Å²) in [6, 6.07) is 12.9. The zero-order valence-corrected chi connectivity index (χ0v) is 14.7. The summed E-state index contributed by atoms with van der Waals surface area (Å²) in [5.41, 5.74) is 5.33. The average molecular weight is 332 g/mol. The molecule has 1 fully saturated rings. The smallest absolute Gasteiger partial charge is 0.154 e. The van der Waals surface area contributed by atoms with Gasteiger partial charge in [-0.05, 0) is 62.2 Å². The van der Waals surface area contributed by atoms with E-state index in [0.717, 1.165) is 22.6 Å². The summed E-state index contributed by atoms with van der Waals surface area (Å²) in [6.45, 7) is 9.64. The minimum absolute atomic E-state index is 0.685. The molecule has 1 aliphatic rings. The van der Waals surface area contributed by atoms with Gasteiger partial charge in [0.05, 0.1) is 17.6 Å². The van der Waals surface area contributed by atoms with Crippen LogP contribution in [0.15, 0.2) is 49.2 Å². The topological polar surface area (TPSA) is 33.4 Å². The van der Waals surface area contributed by atoms with Gasteiger partial charge in [0, 0.05) is 5.56 Å². The maximum Gasteiger partial charge on any atom is 0.154 e. The van der Waals surface area contributed by atoms with Crippen LogP contribution in [-0.4, -0.2) is 39.1 Å². The highest BCUT2D eigenvalue weighted by Gasteiger charge is 2.19. The molecule has 0 unspecified atom stereocenters. The Morgan fingerprint density at radius 1 is 1.12 bits per heavy atom. The van der Waals surface area contributed by atoms with Gasteiger partial charge >= 0.3 is 0 Å². The monoisotopic (exact) mass is 332 g/mol. The Hall–Kier alpha value is -2.46. The van der Waals surface area contributed by atoms with Crippen LogP contribution in [0.25, 0.3) is 23.0 Å². The standard InChI is InChI=1S/C21H24N4/c1-3-19-9-10-21-22-15-20(25(21)23-19)18-7-5-16(6-8-18)17-11-13-24(4-2)14-12-17/h3,5-10,15,17H,1,4,11-14H2,2H3. The average Bonchev–Trinajstić information content (AvgIpc) is 3.11. The van der Waals surface area contributed by atoms with Crippen LogP contribution in [-0.2, 0) is 0 Å². The van der Waals surface area contributed by atoms with E-state index in [0.29, 0.717) is 5.92 Å². The number of imidazole rings is 1. The summed E-state index contributed by atoms with van der Waals surface area (Å²) in [5.74, 6) is 0.685. The molecule has 0 aliphatic carbocycles. The van der Waals surface area contributed by atoms with Gasteiger partial charge in [-0.15, -0.1) is 0 Å². The van der Waals surface area contributed by atoms with Crippen LogP contribution in [0.2, 0.25) is 0 Å². The van der Waals surface area contributed by atoms with Crippen molar-refractivity contribution in [2.45, 2.75) is 25.7 Å². The molecule has 4 rings (SSSR count). The van der Waals surface area contributed by atoms with Gasteiger partial charge in [0.15, 0.2) is 5.65 Å². The molecule has 0 spiro atoms. The Morgan fingerprint density at radius 3 is 2.56 bits per heavy atom. The SMILES string of the molecule is C=Cc1ccc2ncc(-c3ccc(C4CCN(CC)CC4)cc3)n2n1. The molecule has 0 atom stereocenters. The number of aromatic nitrogens is 3. The van der Waals surface area contributed by atoms with Crippen molar-refractivity contribution in [3.05, 3.63) is 60.4 Å². The second-order valence-corrected chi connectivity index (χ2v) is 6.71. The van der Waals surface area contributed by atoms with Gasteiger partial charge in [0.1, 0.15) is 0 Å². The Kier molecular flexibility index (Phi) is 4.36. The molecule has 0 saturated carbocycles. The minimum Gasteiger partial charge on any atom is -0.304 e. The lowest BCUT2D eigenvalue weighted by atomic mass is 9.89. The van der Waals surface area contributed by atoms with Crippen LogP contribution in [0.5, 0.6) is 0 Å². The molecular weight excluding hydrogens is 308 g/mol. The molecule has 3 heterocycles. The number of likely N-dealkylation sites (tertiary alicyclic amines) is 1. The Morgan fingerprint density at radius 2 is 1.88 bits per heavy atom. The van der Waals surface area contributed by atoms with Crippen LogP contribution in [0.4, 0.5) is 0 Å². The Balaban J connectivity index is 1.59. The Labute approximate surface area is 148 Å². The lowest BCUT2D eigenvalue weighted by Crippen LogP contribution is -2.32. The third kappa shape index (κ3) is 3.10. The number of hydrogen-bond donors (Lipinski definition) is 0. The van der Waals surface area contributed by atoms with Gasteiger partial charge in [0.2, 0.25) is 0 Å². The van der Waals surface area contributed by atoms with Crippen molar-refractivity contribution in [1.82, 2.24) is 19.5 Å². The molecular formula is C21H24N4. The van der Waals surface area contributed by atoms with Crippen molar-refractivity contribution < 1.29 is 0 Å². The normalized spacial score (nSPS) is 16.4. The summed E-state index contributed by atoms with van der Waals surface area (Å²) in [4.78, 5) is 6.99. The number of hydrogen-bond acceptors (Lipinski definition) is 3. The second-order valence-electron chi connectivity index (χ2n) is 6.71. The summed E-state index contributed by atoms with van der Waals surface area (Å²) in [5, 5.41) is 4.59. The summed E-state index contributed by atoms with van der Waals surface area (Å²) >= 11 is 0. The van der Waals surface area contributed by atoms with E-state index in [1.54, 1.807) is 6.08 Å². The van der Waals surface area contributed by atoms with Gasteiger partial charge in [-0.1, -0.05) is 37.8 Å². The van der Waals surface area contributed by atoms with E-state index in [4.69, 9.17) is 0 Å². The number of benzene rings is 1. The van der Waals surface area contributed by atoms with Crippen LogP contribution >= 0.6 is 0 Å². The van der Waals surface area contributed by atoms with Crippen molar-refractivity contribution in [3.63, 3.8) is 0 Å². The third-order valence-electron chi connectivity index (χ3n) is 5.30. The first kappa shape index (κ1) is 16.0. The number of fused-ring (bicyclic) bond motifs is 1. The molecule has 128 valence electrons. The van der Waals surface area contributed by atoms with Crippen molar-refractivity contribution in [3.8, 4) is 11.3 Å². The fraction of sp³-hybridized carbons (Fsp3) is 0.333. The molecule has 4 heteroatoms. The van der Waals surface area contributed by atoms with E-state index in [9.17, 15) is 0 Å². The highest BCUT2D eigenvalue weighted by molar-refractivity contribution is 5.64. The third-order valence-corrected chi connectivity index (χ3v) is 5.30. The zero-order valence-electron chi connectivity index (χ0n) is 14.7. The highest BCUT2D eigenvalue weighted by atomic mass is 15.3. The van der Waals surface area contributed by atoms with Gasteiger partial charge in [0.25, 0.3) is 0 Å². The second kappa shape index (κ2) is 6.81. The first-order valence-electron chi connectivity index (χ1n) is 9.08. The first-order valence-corrected chi connectivity index (χ1v) is 9.08. The quantitative estimate of drug-likeness (QED) is 0.716. The fourth-order valence-corrected chi connectivity index (χ4v) is 3.70. The van der Waals surface area contributed by atoms with Crippen LogP contribution < -0.4 is 0 Å². The molecule has 3 aromatic rings. The Bertz CT molecular complexity index is 871. The van der Waals surface area contributed by atoms with Crippen molar-refractivity contribution in [2.75, 3.05) is 19.6 Å². The lowest BCUT2D eigenvalue weighted by Gasteiger charge is -2.31. The van der Waals surface area contributed by atoms with E-state index in [1.165, 1.54) is 38.0 Å². The number of nitrogens with zero attached hydrogens (tertiary/aromatic N) is 4. The van der Waals surface area contributed by atoms with E-state index < -0.39 is 0 Å². The minimum atomic E-state index is 0.685.